The predicted molar refractivity (Wildman–Crippen MR) is 85.3 cm³/mol. The average Bonchev–Trinajstić information content (AvgIpc) is 2.44. The molecular weight excluding hydrogens is 286 g/mol. The number of benzene rings is 1. The number of aryl methyl sites for hydroxylation is 1. The van der Waals surface area contributed by atoms with Crippen LogP contribution in [0.15, 0.2) is 24.3 Å². The Morgan fingerprint density at radius 1 is 1.33 bits per heavy atom. The molecule has 21 heavy (non-hydrogen) atoms. The summed E-state index contributed by atoms with van der Waals surface area (Å²) < 4.78 is 22.4. The highest BCUT2D eigenvalue weighted by atomic mass is 32.2. The van der Waals surface area contributed by atoms with Gasteiger partial charge in [-0.2, -0.15) is 0 Å². The number of para-hydroxylation sites is 1. The van der Waals surface area contributed by atoms with Gasteiger partial charge in [0.05, 0.1) is 5.75 Å². The number of hydrogen-bond donors (Lipinski definition) is 0. The van der Waals surface area contributed by atoms with Crippen molar-refractivity contribution in [3.63, 3.8) is 0 Å². The maximum atomic E-state index is 12.5. The highest BCUT2D eigenvalue weighted by molar-refractivity contribution is 7.90. The molecule has 1 amide bonds. The molecule has 0 saturated heterocycles. The molecule has 4 nitrogen and oxygen atoms in total. The van der Waals surface area contributed by atoms with E-state index in [0.717, 1.165) is 24.9 Å². The monoisotopic (exact) mass is 309 g/mol. The van der Waals surface area contributed by atoms with Crippen LogP contribution in [0.25, 0.3) is 0 Å². The largest absolute Gasteiger partial charge is 0.309 e. The molecule has 5 heteroatoms. The summed E-state index contributed by atoms with van der Waals surface area (Å²) in [4.78, 5) is 14.4. The molecule has 0 N–H and O–H groups in total. The van der Waals surface area contributed by atoms with Crippen molar-refractivity contribution in [1.29, 1.82) is 0 Å². The summed E-state index contributed by atoms with van der Waals surface area (Å²) >= 11 is 0. The van der Waals surface area contributed by atoms with E-state index in [-0.39, 0.29) is 24.1 Å². The minimum atomic E-state index is -3.00. The molecule has 1 unspecified atom stereocenters. The molecule has 1 aromatic rings. The third-order valence-corrected chi connectivity index (χ3v) is 5.04. The summed E-state index contributed by atoms with van der Waals surface area (Å²) in [6.07, 6.45) is 4.80. The van der Waals surface area contributed by atoms with Crippen LogP contribution in [0.1, 0.15) is 38.2 Å². The van der Waals surface area contributed by atoms with Crippen molar-refractivity contribution in [3.05, 3.63) is 29.8 Å². The van der Waals surface area contributed by atoms with Crippen LogP contribution >= 0.6 is 0 Å². The van der Waals surface area contributed by atoms with Crippen LogP contribution in [0.2, 0.25) is 0 Å². The minimum Gasteiger partial charge on any atom is -0.309 e. The van der Waals surface area contributed by atoms with Gasteiger partial charge in [0.15, 0.2) is 0 Å². The molecule has 0 spiro atoms. The van der Waals surface area contributed by atoms with Gasteiger partial charge in [0, 0.05) is 24.4 Å². The first-order chi connectivity index (χ1) is 9.92. The first kappa shape index (κ1) is 16.0. The van der Waals surface area contributed by atoms with Crippen molar-refractivity contribution < 1.29 is 13.2 Å². The summed E-state index contributed by atoms with van der Waals surface area (Å²) in [7, 11) is -3.00. The van der Waals surface area contributed by atoms with Crippen LogP contribution in [-0.2, 0) is 21.1 Å². The predicted octanol–water partition coefficient (Wildman–Crippen LogP) is 2.57. The van der Waals surface area contributed by atoms with Crippen molar-refractivity contribution in [3.8, 4) is 0 Å². The number of amides is 1. The first-order valence-corrected chi connectivity index (χ1v) is 9.56. The number of rotatable bonds is 5. The van der Waals surface area contributed by atoms with Gasteiger partial charge in [-0.3, -0.25) is 4.79 Å². The first-order valence-electron chi connectivity index (χ1n) is 7.50. The van der Waals surface area contributed by atoms with Crippen LogP contribution in [0.4, 0.5) is 5.69 Å². The van der Waals surface area contributed by atoms with E-state index in [1.807, 2.05) is 23.1 Å². The van der Waals surface area contributed by atoms with Gasteiger partial charge >= 0.3 is 0 Å². The van der Waals surface area contributed by atoms with Gasteiger partial charge in [0.25, 0.3) is 0 Å². The highest BCUT2D eigenvalue weighted by Gasteiger charge is 2.29. The Labute approximate surface area is 127 Å². The summed E-state index contributed by atoms with van der Waals surface area (Å²) in [5, 5.41) is 0. The standard InChI is InChI=1S/C16H23NO3S/c1-3-14-11-10-13-7-4-5-8-15(13)17(14)16(18)9-6-12-21(2,19)20/h4-5,7-8,14H,3,6,9-12H2,1-2H3. The third kappa shape index (κ3) is 4.06. The van der Waals surface area contributed by atoms with Gasteiger partial charge in [-0.05, 0) is 37.3 Å². The van der Waals surface area contributed by atoms with Gasteiger partial charge in [0.1, 0.15) is 9.84 Å². The molecule has 1 heterocycles. The van der Waals surface area contributed by atoms with E-state index in [4.69, 9.17) is 0 Å². The molecule has 2 rings (SSSR count). The Hall–Kier alpha value is -1.36. The molecule has 116 valence electrons. The molecule has 1 aliphatic heterocycles. The SMILES string of the molecule is CCC1CCc2ccccc2N1C(=O)CCCS(C)(=O)=O. The Morgan fingerprint density at radius 2 is 2.05 bits per heavy atom. The van der Waals surface area contributed by atoms with Gasteiger partial charge in [-0.15, -0.1) is 0 Å². The molecule has 0 bridgehead atoms. The van der Waals surface area contributed by atoms with Crippen LogP contribution in [0.3, 0.4) is 0 Å². The van der Waals surface area contributed by atoms with Gasteiger partial charge < -0.3 is 4.90 Å². The Morgan fingerprint density at radius 3 is 2.71 bits per heavy atom. The van der Waals surface area contributed by atoms with E-state index in [2.05, 4.69) is 13.0 Å². The molecule has 0 aliphatic carbocycles. The number of carbonyl (C=O) groups is 1. The summed E-state index contributed by atoms with van der Waals surface area (Å²) in [6, 6.07) is 8.24. The van der Waals surface area contributed by atoms with Crippen LogP contribution < -0.4 is 4.90 Å². The summed E-state index contributed by atoms with van der Waals surface area (Å²) in [5.74, 6) is 0.114. The smallest absolute Gasteiger partial charge is 0.227 e. The zero-order valence-corrected chi connectivity index (χ0v) is 13.5. The Balaban J connectivity index is 2.13. The van der Waals surface area contributed by atoms with E-state index in [0.29, 0.717) is 6.42 Å². The lowest BCUT2D eigenvalue weighted by molar-refractivity contribution is -0.119. The molecule has 0 fully saturated rings. The lowest BCUT2D eigenvalue weighted by Gasteiger charge is -2.37. The van der Waals surface area contributed by atoms with Crippen molar-refractivity contribution in [2.75, 3.05) is 16.9 Å². The second kappa shape index (κ2) is 6.60. The van der Waals surface area contributed by atoms with E-state index in [1.165, 1.54) is 11.8 Å². The number of nitrogens with zero attached hydrogens (tertiary/aromatic N) is 1. The van der Waals surface area contributed by atoms with Gasteiger partial charge in [-0.1, -0.05) is 25.1 Å². The zero-order chi connectivity index (χ0) is 15.5. The maximum absolute atomic E-state index is 12.5. The number of anilines is 1. The summed E-state index contributed by atoms with van der Waals surface area (Å²) in [5.41, 5.74) is 2.21. The van der Waals surface area contributed by atoms with Crippen LogP contribution in [0, 0.1) is 0 Å². The number of hydrogen-bond acceptors (Lipinski definition) is 3. The van der Waals surface area contributed by atoms with Crippen molar-refractivity contribution in [1.82, 2.24) is 0 Å². The second-order valence-electron chi connectivity index (χ2n) is 5.73. The van der Waals surface area contributed by atoms with Gasteiger partial charge in [0.2, 0.25) is 5.91 Å². The lowest BCUT2D eigenvalue weighted by Crippen LogP contribution is -2.43. The molecule has 1 atom stereocenters. The Kier molecular flexibility index (Phi) is 5.04. The van der Waals surface area contributed by atoms with Crippen molar-refractivity contribution >= 4 is 21.4 Å². The zero-order valence-electron chi connectivity index (χ0n) is 12.7. The molecule has 0 aromatic heterocycles. The number of sulfone groups is 1. The highest BCUT2D eigenvalue weighted by Crippen LogP contribution is 2.32. The normalized spacial score (nSPS) is 18.4. The fourth-order valence-corrected chi connectivity index (χ4v) is 3.60. The van der Waals surface area contributed by atoms with Gasteiger partial charge in [-0.25, -0.2) is 8.42 Å². The molecule has 1 aromatic carbocycles. The van der Waals surface area contributed by atoms with E-state index in [9.17, 15) is 13.2 Å². The van der Waals surface area contributed by atoms with Crippen molar-refractivity contribution in [2.24, 2.45) is 0 Å². The maximum Gasteiger partial charge on any atom is 0.227 e. The topological polar surface area (TPSA) is 54.5 Å². The van der Waals surface area contributed by atoms with Crippen LogP contribution in [0.5, 0.6) is 0 Å². The molecular formula is C16H23NO3S. The second-order valence-corrected chi connectivity index (χ2v) is 7.99. The lowest BCUT2D eigenvalue weighted by atomic mass is 9.94. The molecule has 0 radical (unpaired) electrons. The van der Waals surface area contributed by atoms with E-state index < -0.39 is 9.84 Å². The molecule has 0 saturated carbocycles. The Bertz CT molecular complexity index is 610. The number of carbonyl (C=O) groups excluding carboxylic acids is 1. The fourth-order valence-electron chi connectivity index (χ4n) is 2.94. The van der Waals surface area contributed by atoms with Crippen molar-refractivity contribution in [2.45, 2.75) is 45.1 Å². The third-order valence-electron chi connectivity index (χ3n) is 4.01. The fraction of sp³-hybridized carbons (Fsp3) is 0.562. The average molecular weight is 309 g/mol. The van der Waals surface area contributed by atoms with Crippen LogP contribution in [-0.4, -0.2) is 32.4 Å². The molecule has 1 aliphatic rings. The number of fused-ring (bicyclic) bond motifs is 1. The summed E-state index contributed by atoms with van der Waals surface area (Å²) in [6.45, 7) is 2.09. The van der Waals surface area contributed by atoms with E-state index >= 15 is 0 Å². The minimum absolute atomic E-state index is 0.0395. The van der Waals surface area contributed by atoms with E-state index in [1.54, 1.807) is 0 Å². The quantitative estimate of drug-likeness (QED) is 0.840.